The maximum absolute atomic E-state index is 12.8. The Balaban J connectivity index is 1.22. The first-order valence-electron chi connectivity index (χ1n) is 11.5. The highest BCUT2D eigenvalue weighted by Crippen LogP contribution is 2.40. The van der Waals surface area contributed by atoms with Gasteiger partial charge in [0.15, 0.2) is 6.39 Å². The summed E-state index contributed by atoms with van der Waals surface area (Å²) in [5.41, 5.74) is 3.35. The van der Waals surface area contributed by atoms with E-state index in [9.17, 15) is 9.70 Å². The van der Waals surface area contributed by atoms with Gasteiger partial charge < -0.3 is 20.0 Å². The fraction of sp³-hybridized carbons (Fsp3) is 0.458. The van der Waals surface area contributed by atoms with Gasteiger partial charge in [0.25, 0.3) is 11.9 Å². The van der Waals surface area contributed by atoms with E-state index in [4.69, 9.17) is 4.42 Å². The number of imidazole rings is 1. The molecule has 3 N–H and O–H groups in total. The first-order chi connectivity index (χ1) is 16.1. The number of nitroso groups, excluding NO2 is 1. The number of aromatic amines is 1. The molecule has 1 fully saturated rings. The number of rotatable bonds is 13. The molecule has 1 aromatic carbocycles. The molecule has 3 unspecified atom stereocenters. The van der Waals surface area contributed by atoms with Crippen LogP contribution < -0.4 is 10.6 Å². The van der Waals surface area contributed by atoms with Gasteiger partial charge in [-0.3, -0.25) is 4.79 Å². The van der Waals surface area contributed by atoms with Crippen molar-refractivity contribution in [1.29, 1.82) is 0 Å². The van der Waals surface area contributed by atoms with Crippen molar-refractivity contribution in [1.82, 2.24) is 25.6 Å². The van der Waals surface area contributed by atoms with Crippen molar-refractivity contribution >= 4 is 5.91 Å². The number of aromatic nitrogens is 3. The maximum Gasteiger partial charge on any atom is 0.293 e. The number of benzene rings is 1. The highest BCUT2D eigenvalue weighted by Gasteiger charge is 2.37. The van der Waals surface area contributed by atoms with Gasteiger partial charge in [-0.1, -0.05) is 29.8 Å². The molecule has 3 aromatic rings. The van der Waals surface area contributed by atoms with Crippen LogP contribution in [0, 0.1) is 11.8 Å². The maximum atomic E-state index is 12.8. The fourth-order valence-electron chi connectivity index (χ4n) is 4.03. The number of aryl methyl sites for hydroxylation is 1. The van der Waals surface area contributed by atoms with Crippen molar-refractivity contribution in [2.75, 3.05) is 6.54 Å². The number of amides is 1. The molecule has 2 aromatic heterocycles. The molecule has 1 aliphatic rings. The molecule has 9 nitrogen and oxygen atoms in total. The largest absolute Gasteiger partial charge is 0.447 e. The van der Waals surface area contributed by atoms with Crippen LogP contribution in [0.5, 0.6) is 0 Å². The first-order valence-corrected chi connectivity index (χ1v) is 11.5. The number of hydrogen-bond acceptors (Lipinski definition) is 6. The van der Waals surface area contributed by atoms with Gasteiger partial charge in [-0.25, -0.2) is 9.97 Å². The summed E-state index contributed by atoms with van der Waals surface area (Å²) in [6, 6.07) is 8.49. The van der Waals surface area contributed by atoms with Crippen LogP contribution >= 0.6 is 0 Å². The van der Waals surface area contributed by atoms with Crippen molar-refractivity contribution in [2.24, 2.45) is 0 Å². The van der Waals surface area contributed by atoms with Crippen LogP contribution in [-0.2, 0) is 17.9 Å². The molecule has 174 valence electrons. The molecule has 0 aliphatic heterocycles. The first kappa shape index (κ1) is 22.8. The average Bonchev–Trinajstić information content (AvgIpc) is 3.17. The zero-order valence-electron chi connectivity index (χ0n) is 18.9. The van der Waals surface area contributed by atoms with E-state index in [-0.39, 0.29) is 19.0 Å². The number of oxazole rings is 1. The van der Waals surface area contributed by atoms with Crippen LogP contribution in [0.3, 0.4) is 0 Å². The van der Waals surface area contributed by atoms with Crippen molar-refractivity contribution in [3.05, 3.63) is 76.9 Å². The van der Waals surface area contributed by atoms with Crippen LogP contribution in [0.15, 0.2) is 53.8 Å². The van der Waals surface area contributed by atoms with E-state index < -0.39 is 6.04 Å². The highest BCUT2D eigenvalue weighted by atomic mass is 16.3. The van der Waals surface area contributed by atoms with Gasteiger partial charge in [0.05, 0.1) is 25.3 Å². The molecule has 9 heteroatoms. The smallest absolute Gasteiger partial charge is 0.293 e. The second kappa shape index (κ2) is 11.0. The number of H-pyrrole nitrogens is 1. The normalized spacial score (nSPS) is 18.1. The minimum Gasteiger partial charge on any atom is -0.447 e. The molecule has 0 radical (unpaired) electrons. The van der Waals surface area contributed by atoms with Gasteiger partial charge in [-0.15, -0.1) is 0 Å². The van der Waals surface area contributed by atoms with E-state index in [1.54, 1.807) is 12.4 Å². The van der Waals surface area contributed by atoms with Gasteiger partial charge >= 0.3 is 0 Å². The van der Waals surface area contributed by atoms with Crippen LogP contribution in [0.25, 0.3) is 0 Å². The Bertz CT molecular complexity index is 1020. The Hall–Kier alpha value is -3.33. The quantitative estimate of drug-likeness (QED) is 0.272. The third-order valence-corrected chi connectivity index (χ3v) is 6.06. The Labute approximate surface area is 193 Å². The van der Waals surface area contributed by atoms with Crippen LogP contribution in [0.2, 0.25) is 0 Å². The Kier molecular flexibility index (Phi) is 7.62. The predicted octanol–water partition coefficient (Wildman–Crippen LogP) is 2.99. The summed E-state index contributed by atoms with van der Waals surface area (Å²) in [6.07, 6.45) is 9.30. The van der Waals surface area contributed by atoms with Gasteiger partial charge in [0, 0.05) is 28.0 Å². The zero-order valence-corrected chi connectivity index (χ0v) is 18.9. The third-order valence-electron chi connectivity index (χ3n) is 6.06. The lowest BCUT2D eigenvalue weighted by molar-refractivity contribution is -0.589. The molecule has 1 saturated carbocycles. The molecule has 0 spiro atoms. The second-order valence-electron chi connectivity index (χ2n) is 8.66. The van der Waals surface area contributed by atoms with E-state index in [2.05, 4.69) is 56.8 Å². The number of nitrogens with zero attached hydrogens (tertiary/aromatic N) is 3. The SMILES string of the molecule is Cc1ccc(C2CC2NCCCCC(C(=O)NCc2cnco2)[N+](=O)Cc2cnc[nH]2)cc1. The Morgan fingerprint density at radius 1 is 1.24 bits per heavy atom. The summed E-state index contributed by atoms with van der Waals surface area (Å²) in [5, 5.41) is 6.39. The zero-order chi connectivity index (χ0) is 23.0. The van der Waals surface area contributed by atoms with Crippen molar-refractivity contribution in [3.63, 3.8) is 0 Å². The topological polar surface area (TPSA) is 116 Å². The Morgan fingerprint density at radius 3 is 2.82 bits per heavy atom. The molecule has 1 amide bonds. The predicted molar refractivity (Wildman–Crippen MR) is 122 cm³/mol. The number of unbranched alkanes of at least 4 members (excludes halogenated alkanes) is 1. The summed E-state index contributed by atoms with van der Waals surface area (Å²) in [5.74, 6) is 0.826. The minimum absolute atomic E-state index is 0.0823. The van der Waals surface area contributed by atoms with Gasteiger partial charge in [-0.05, 0) is 38.3 Å². The minimum atomic E-state index is -0.780. The number of carbonyl (C=O) groups is 1. The van der Waals surface area contributed by atoms with E-state index in [1.807, 2.05) is 0 Å². The Morgan fingerprint density at radius 2 is 2.09 bits per heavy atom. The molecule has 1 aliphatic carbocycles. The monoisotopic (exact) mass is 451 g/mol. The molecule has 3 atom stereocenters. The molecule has 0 bridgehead atoms. The molecule has 4 rings (SSSR count). The third kappa shape index (κ3) is 6.58. The van der Waals surface area contributed by atoms with E-state index in [0.29, 0.717) is 29.8 Å². The molecule has 33 heavy (non-hydrogen) atoms. The van der Waals surface area contributed by atoms with Crippen LogP contribution in [-0.4, -0.2) is 44.2 Å². The van der Waals surface area contributed by atoms with Crippen molar-refractivity contribution in [2.45, 2.75) is 63.7 Å². The number of nitrogens with one attached hydrogen (secondary N) is 3. The van der Waals surface area contributed by atoms with Crippen LogP contribution in [0.1, 0.15) is 54.2 Å². The van der Waals surface area contributed by atoms with E-state index >= 15 is 0 Å². The summed E-state index contributed by atoms with van der Waals surface area (Å²) in [6.45, 7) is 3.26. The standard InChI is InChI=1S/C24H30N6O3/c1-17-5-7-18(8-6-17)21-10-22(21)27-9-3-2-4-23(30(32)14-19-11-25-15-29-19)24(31)28-13-20-12-26-16-33-20/h5-8,11-12,15-16,21-23,27H,2-4,9-10,13-14H2,1H3,(H-,25,28,29,31)/p+1. The fourth-order valence-corrected chi connectivity index (χ4v) is 4.03. The number of hydrogen-bond donors (Lipinski definition) is 3. The molecular weight excluding hydrogens is 420 g/mol. The van der Waals surface area contributed by atoms with Gasteiger partial charge in [0.2, 0.25) is 6.54 Å². The number of carbonyl (C=O) groups excluding carboxylic acids is 1. The lowest BCUT2D eigenvalue weighted by Gasteiger charge is -2.10. The molecule has 0 saturated heterocycles. The summed E-state index contributed by atoms with van der Waals surface area (Å²) in [4.78, 5) is 36.2. The summed E-state index contributed by atoms with van der Waals surface area (Å²) in [7, 11) is 0. The summed E-state index contributed by atoms with van der Waals surface area (Å²) >= 11 is 0. The van der Waals surface area contributed by atoms with E-state index in [0.717, 1.165) is 30.6 Å². The lowest BCUT2D eigenvalue weighted by Crippen LogP contribution is -2.41. The average molecular weight is 452 g/mol. The summed E-state index contributed by atoms with van der Waals surface area (Å²) < 4.78 is 5.98. The van der Waals surface area contributed by atoms with E-state index in [1.165, 1.54) is 23.8 Å². The van der Waals surface area contributed by atoms with Crippen molar-refractivity contribution < 1.29 is 14.0 Å². The van der Waals surface area contributed by atoms with Crippen molar-refractivity contribution in [3.8, 4) is 0 Å². The van der Waals surface area contributed by atoms with Crippen LogP contribution in [0.4, 0.5) is 0 Å². The molecular formula is C24H31N6O3+. The van der Waals surface area contributed by atoms with Gasteiger partial charge in [0.1, 0.15) is 11.5 Å². The van der Waals surface area contributed by atoms with Gasteiger partial charge in [-0.2, -0.15) is 0 Å². The lowest BCUT2D eigenvalue weighted by atomic mass is 10.1. The second-order valence-corrected chi connectivity index (χ2v) is 8.66. The molecule has 2 heterocycles. The highest BCUT2D eigenvalue weighted by molar-refractivity contribution is 5.80.